The van der Waals surface area contributed by atoms with Crippen LogP contribution in [0, 0.1) is 5.92 Å². The van der Waals surface area contributed by atoms with E-state index in [4.69, 9.17) is 4.74 Å². The van der Waals surface area contributed by atoms with Crippen LogP contribution in [0.5, 0.6) is 5.75 Å². The number of nitrogens with one attached hydrogen (secondary N) is 1. The van der Waals surface area contributed by atoms with Crippen LogP contribution >= 0.6 is 0 Å². The van der Waals surface area contributed by atoms with Crippen LogP contribution in [-0.4, -0.2) is 23.4 Å². The molecule has 0 unspecified atom stereocenters. The number of methoxy groups -OCH3 is 1. The average Bonchev–Trinajstić information content (AvgIpc) is 2.90. The third-order valence-corrected chi connectivity index (χ3v) is 3.48. The highest BCUT2D eigenvalue weighted by molar-refractivity contribution is 5.39. The van der Waals surface area contributed by atoms with Gasteiger partial charge < -0.3 is 10.1 Å². The summed E-state index contributed by atoms with van der Waals surface area (Å²) >= 11 is 0. The van der Waals surface area contributed by atoms with Gasteiger partial charge in [0.1, 0.15) is 5.75 Å². The SMILES string of the molecule is CCc1c(CNCC(C)C)cnn1-c1ccc(OC)cc1. The number of hydrogen-bond donors (Lipinski definition) is 1. The lowest BCUT2D eigenvalue weighted by Gasteiger charge is -2.10. The smallest absolute Gasteiger partial charge is 0.119 e. The van der Waals surface area contributed by atoms with E-state index in [0.717, 1.165) is 30.9 Å². The molecule has 0 saturated carbocycles. The predicted molar refractivity (Wildman–Crippen MR) is 86.0 cm³/mol. The zero-order valence-corrected chi connectivity index (χ0v) is 13.4. The van der Waals surface area contributed by atoms with Crippen LogP contribution in [0.2, 0.25) is 0 Å². The first-order chi connectivity index (χ1) is 10.2. The molecule has 0 bridgehead atoms. The van der Waals surface area contributed by atoms with Crippen molar-refractivity contribution >= 4 is 0 Å². The number of nitrogens with zero attached hydrogens (tertiary/aromatic N) is 2. The Hall–Kier alpha value is -1.81. The van der Waals surface area contributed by atoms with Crippen molar-refractivity contribution in [3.05, 3.63) is 41.7 Å². The van der Waals surface area contributed by atoms with Gasteiger partial charge in [-0.2, -0.15) is 5.10 Å². The minimum atomic E-state index is 0.659. The standard InChI is InChI=1S/C17H25N3O/c1-5-17-14(11-18-10-13(2)3)12-19-20(17)15-6-8-16(21-4)9-7-15/h6-9,12-13,18H,5,10-11H2,1-4H3. The summed E-state index contributed by atoms with van der Waals surface area (Å²) in [4.78, 5) is 0. The van der Waals surface area contributed by atoms with Gasteiger partial charge in [-0.15, -0.1) is 0 Å². The molecule has 4 nitrogen and oxygen atoms in total. The number of ether oxygens (including phenoxy) is 1. The van der Waals surface area contributed by atoms with Gasteiger partial charge in [-0.3, -0.25) is 0 Å². The van der Waals surface area contributed by atoms with Crippen LogP contribution in [-0.2, 0) is 13.0 Å². The third kappa shape index (κ3) is 3.85. The molecule has 0 atom stereocenters. The molecule has 4 heteroatoms. The van der Waals surface area contributed by atoms with Crippen molar-refractivity contribution in [3.63, 3.8) is 0 Å². The summed E-state index contributed by atoms with van der Waals surface area (Å²) in [6, 6.07) is 8.01. The fraction of sp³-hybridized carbons (Fsp3) is 0.471. The number of rotatable bonds is 7. The molecule has 2 aromatic rings. The topological polar surface area (TPSA) is 39.1 Å². The highest BCUT2D eigenvalue weighted by Gasteiger charge is 2.10. The molecule has 0 aliphatic rings. The van der Waals surface area contributed by atoms with Crippen molar-refractivity contribution in [2.45, 2.75) is 33.7 Å². The van der Waals surface area contributed by atoms with Crippen LogP contribution in [0.4, 0.5) is 0 Å². The van der Waals surface area contributed by atoms with Gasteiger partial charge in [-0.1, -0.05) is 20.8 Å². The lowest BCUT2D eigenvalue weighted by atomic mass is 10.2. The second-order valence-electron chi connectivity index (χ2n) is 5.60. The first kappa shape index (κ1) is 15.6. The molecule has 21 heavy (non-hydrogen) atoms. The van der Waals surface area contributed by atoms with E-state index in [1.165, 1.54) is 11.3 Å². The summed E-state index contributed by atoms with van der Waals surface area (Å²) in [5.74, 6) is 1.52. The number of hydrogen-bond acceptors (Lipinski definition) is 3. The molecule has 1 heterocycles. The van der Waals surface area contributed by atoms with Crippen molar-refractivity contribution in [1.29, 1.82) is 0 Å². The van der Waals surface area contributed by atoms with Gasteiger partial charge in [0.2, 0.25) is 0 Å². The molecular weight excluding hydrogens is 262 g/mol. The molecule has 1 N–H and O–H groups in total. The minimum Gasteiger partial charge on any atom is -0.497 e. The zero-order chi connectivity index (χ0) is 15.2. The Morgan fingerprint density at radius 3 is 2.52 bits per heavy atom. The Labute approximate surface area is 127 Å². The van der Waals surface area contributed by atoms with Gasteiger partial charge in [0.05, 0.1) is 19.0 Å². The molecule has 2 rings (SSSR count). The Bertz CT molecular complexity index is 558. The predicted octanol–water partition coefficient (Wildman–Crippen LogP) is 3.19. The summed E-state index contributed by atoms with van der Waals surface area (Å²) in [6.45, 7) is 8.50. The van der Waals surface area contributed by atoms with Crippen LogP contribution in [0.25, 0.3) is 5.69 Å². The summed E-state index contributed by atoms with van der Waals surface area (Å²) in [5.41, 5.74) is 3.60. The lowest BCUT2D eigenvalue weighted by Crippen LogP contribution is -2.19. The van der Waals surface area contributed by atoms with Gasteiger partial charge >= 0.3 is 0 Å². The van der Waals surface area contributed by atoms with Crippen LogP contribution in [0.15, 0.2) is 30.5 Å². The Balaban J connectivity index is 2.17. The molecule has 0 radical (unpaired) electrons. The second kappa shape index (κ2) is 7.27. The minimum absolute atomic E-state index is 0.659. The molecule has 1 aromatic carbocycles. The van der Waals surface area contributed by atoms with E-state index in [-0.39, 0.29) is 0 Å². The fourth-order valence-corrected chi connectivity index (χ4v) is 2.37. The number of benzene rings is 1. The highest BCUT2D eigenvalue weighted by Crippen LogP contribution is 2.18. The van der Waals surface area contributed by atoms with E-state index in [0.29, 0.717) is 5.92 Å². The van der Waals surface area contributed by atoms with Crippen molar-refractivity contribution < 1.29 is 4.74 Å². The van der Waals surface area contributed by atoms with E-state index >= 15 is 0 Å². The largest absolute Gasteiger partial charge is 0.497 e. The average molecular weight is 287 g/mol. The molecule has 114 valence electrons. The fourth-order valence-electron chi connectivity index (χ4n) is 2.37. The quantitative estimate of drug-likeness (QED) is 0.850. The molecule has 0 aliphatic heterocycles. The molecule has 0 fully saturated rings. The van der Waals surface area contributed by atoms with Crippen LogP contribution in [0.1, 0.15) is 32.0 Å². The Morgan fingerprint density at radius 2 is 1.95 bits per heavy atom. The van der Waals surface area contributed by atoms with Crippen molar-refractivity contribution in [2.24, 2.45) is 5.92 Å². The maximum Gasteiger partial charge on any atom is 0.119 e. The van der Waals surface area contributed by atoms with Crippen molar-refractivity contribution in [3.8, 4) is 11.4 Å². The molecule has 0 saturated heterocycles. The van der Waals surface area contributed by atoms with E-state index < -0.39 is 0 Å². The summed E-state index contributed by atoms with van der Waals surface area (Å²) in [7, 11) is 1.68. The third-order valence-electron chi connectivity index (χ3n) is 3.48. The normalized spacial score (nSPS) is 11.1. The summed E-state index contributed by atoms with van der Waals surface area (Å²) in [5, 5.41) is 8.03. The van der Waals surface area contributed by atoms with Crippen molar-refractivity contribution in [2.75, 3.05) is 13.7 Å². The van der Waals surface area contributed by atoms with Crippen molar-refractivity contribution in [1.82, 2.24) is 15.1 Å². The molecular formula is C17H25N3O. The number of aromatic nitrogens is 2. The Kier molecular flexibility index (Phi) is 5.39. The summed E-state index contributed by atoms with van der Waals surface area (Å²) in [6.07, 6.45) is 2.93. The molecule has 0 aliphatic carbocycles. The van der Waals surface area contributed by atoms with E-state index in [1.54, 1.807) is 7.11 Å². The maximum atomic E-state index is 5.20. The molecule has 0 amide bonds. The van der Waals surface area contributed by atoms with Gasteiger partial charge in [0, 0.05) is 17.8 Å². The molecule has 0 spiro atoms. The van der Waals surface area contributed by atoms with E-state index in [2.05, 4.69) is 31.2 Å². The Morgan fingerprint density at radius 1 is 1.24 bits per heavy atom. The first-order valence-corrected chi connectivity index (χ1v) is 7.56. The van der Waals surface area contributed by atoms with Gasteiger partial charge in [0.15, 0.2) is 0 Å². The maximum absolute atomic E-state index is 5.20. The van der Waals surface area contributed by atoms with Crippen LogP contribution in [0.3, 0.4) is 0 Å². The van der Waals surface area contributed by atoms with E-state index in [1.807, 2.05) is 35.1 Å². The molecule has 1 aromatic heterocycles. The van der Waals surface area contributed by atoms with Gasteiger partial charge in [0.25, 0.3) is 0 Å². The lowest BCUT2D eigenvalue weighted by molar-refractivity contribution is 0.414. The zero-order valence-electron chi connectivity index (χ0n) is 13.4. The monoisotopic (exact) mass is 287 g/mol. The first-order valence-electron chi connectivity index (χ1n) is 7.56. The van der Waals surface area contributed by atoms with E-state index in [9.17, 15) is 0 Å². The van der Waals surface area contributed by atoms with Crippen LogP contribution < -0.4 is 10.1 Å². The summed E-state index contributed by atoms with van der Waals surface area (Å²) < 4.78 is 7.22. The second-order valence-corrected chi connectivity index (χ2v) is 5.60. The highest BCUT2D eigenvalue weighted by atomic mass is 16.5. The van der Waals surface area contributed by atoms with Gasteiger partial charge in [-0.05, 0) is 43.1 Å². The van der Waals surface area contributed by atoms with Gasteiger partial charge in [-0.25, -0.2) is 4.68 Å².